The van der Waals surface area contributed by atoms with Crippen LogP contribution in [0, 0.1) is 0 Å². The molecule has 1 aliphatic heterocycles. The molecule has 1 fully saturated rings. The van der Waals surface area contributed by atoms with Crippen molar-refractivity contribution in [2.75, 3.05) is 18.0 Å². The predicted molar refractivity (Wildman–Crippen MR) is 101 cm³/mol. The number of para-hydroxylation sites is 2. The van der Waals surface area contributed by atoms with Gasteiger partial charge in [-0.25, -0.2) is 4.98 Å². The molecular weight excluding hydrogens is 328 g/mol. The number of nitrogens with two attached hydrogens (primary N) is 2. The van der Waals surface area contributed by atoms with E-state index in [0.717, 1.165) is 48.6 Å². The van der Waals surface area contributed by atoms with Crippen molar-refractivity contribution in [3.05, 3.63) is 53.9 Å². The molecule has 0 saturated carbocycles. The van der Waals surface area contributed by atoms with Crippen LogP contribution in [0.15, 0.2) is 42.6 Å². The van der Waals surface area contributed by atoms with E-state index in [2.05, 4.69) is 20.5 Å². The van der Waals surface area contributed by atoms with Crippen molar-refractivity contribution in [3.63, 3.8) is 0 Å². The minimum Gasteiger partial charge on any atom is -0.366 e. The number of amides is 1. The van der Waals surface area contributed by atoms with Crippen LogP contribution < -0.4 is 16.4 Å². The minimum atomic E-state index is -0.472. The van der Waals surface area contributed by atoms with Gasteiger partial charge in [0.25, 0.3) is 0 Å². The molecule has 1 aliphatic rings. The fraction of sp³-hybridized carbons (Fsp3) is 0.316. The molecular formula is C19H22N6O. The summed E-state index contributed by atoms with van der Waals surface area (Å²) in [6.45, 7) is 2.32. The summed E-state index contributed by atoms with van der Waals surface area (Å²) < 4.78 is 2.17. The monoisotopic (exact) mass is 350 g/mol. The summed E-state index contributed by atoms with van der Waals surface area (Å²) in [5.41, 5.74) is 14.7. The highest BCUT2D eigenvalue weighted by atomic mass is 16.1. The Morgan fingerprint density at radius 3 is 2.81 bits per heavy atom. The SMILES string of the molecule is NC(=O)c1ccc(Cn2c(N3CCCC(N)C3)nc3ccccc32)nc1. The summed E-state index contributed by atoms with van der Waals surface area (Å²) in [5.74, 6) is 0.447. The highest BCUT2D eigenvalue weighted by Gasteiger charge is 2.22. The highest BCUT2D eigenvalue weighted by Crippen LogP contribution is 2.26. The second-order valence-corrected chi connectivity index (χ2v) is 6.74. The zero-order chi connectivity index (χ0) is 18.1. The third-order valence-corrected chi connectivity index (χ3v) is 4.80. The molecule has 7 nitrogen and oxygen atoms in total. The Morgan fingerprint density at radius 2 is 2.08 bits per heavy atom. The lowest BCUT2D eigenvalue weighted by Crippen LogP contribution is -2.44. The molecule has 0 aliphatic carbocycles. The van der Waals surface area contributed by atoms with E-state index in [1.54, 1.807) is 6.07 Å². The van der Waals surface area contributed by atoms with Crippen molar-refractivity contribution < 1.29 is 4.79 Å². The van der Waals surface area contributed by atoms with Crippen molar-refractivity contribution in [3.8, 4) is 0 Å². The molecule has 1 saturated heterocycles. The summed E-state index contributed by atoms with van der Waals surface area (Å²) >= 11 is 0. The Bertz CT molecular complexity index is 933. The third-order valence-electron chi connectivity index (χ3n) is 4.80. The van der Waals surface area contributed by atoms with Gasteiger partial charge in [-0.3, -0.25) is 9.78 Å². The average molecular weight is 350 g/mol. The third kappa shape index (κ3) is 3.13. The number of pyridine rings is 1. The molecule has 1 unspecified atom stereocenters. The van der Waals surface area contributed by atoms with Crippen molar-refractivity contribution in [1.29, 1.82) is 0 Å². The first kappa shape index (κ1) is 16.5. The quantitative estimate of drug-likeness (QED) is 0.742. The topological polar surface area (TPSA) is 103 Å². The van der Waals surface area contributed by atoms with Gasteiger partial charge < -0.3 is 20.9 Å². The molecule has 3 heterocycles. The lowest BCUT2D eigenvalue weighted by atomic mass is 10.1. The van der Waals surface area contributed by atoms with Crippen LogP contribution in [0.2, 0.25) is 0 Å². The molecule has 2 aromatic heterocycles. The van der Waals surface area contributed by atoms with Gasteiger partial charge >= 0.3 is 0 Å². The van der Waals surface area contributed by atoms with E-state index in [0.29, 0.717) is 12.1 Å². The van der Waals surface area contributed by atoms with Crippen LogP contribution in [0.4, 0.5) is 5.95 Å². The summed E-state index contributed by atoms with van der Waals surface area (Å²) in [6.07, 6.45) is 3.63. The van der Waals surface area contributed by atoms with E-state index < -0.39 is 5.91 Å². The Kier molecular flexibility index (Phi) is 4.30. The largest absolute Gasteiger partial charge is 0.366 e. The molecule has 0 radical (unpaired) electrons. The second kappa shape index (κ2) is 6.76. The summed E-state index contributed by atoms with van der Waals surface area (Å²) in [5, 5.41) is 0. The van der Waals surface area contributed by atoms with Crippen molar-refractivity contribution in [2.45, 2.75) is 25.4 Å². The number of primary amides is 1. The van der Waals surface area contributed by atoms with E-state index in [4.69, 9.17) is 16.5 Å². The van der Waals surface area contributed by atoms with Crippen LogP contribution in [0.1, 0.15) is 28.9 Å². The van der Waals surface area contributed by atoms with Gasteiger partial charge in [-0.15, -0.1) is 0 Å². The fourth-order valence-electron chi connectivity index (χ4n) is 3.48. The van der Waals surface area contributed by atoms with E-state index in [-0.39, 0.29) is 6.04 Å². The standard InChI is InChI=1S/C19H22N6O/c20-14-4-3-9-24(11-14)19-23-16-5-1-2-6-17(16)25(19)12-15-8-7-13(10-22-15)18(21)26/h1-2,5-8,10,14H,3-4,9,11-12,20H2,(H2,21,26). The van der Waals surface area contributed by atoms with Gasteiger partial charge in [-0.2, -0.15) is 0 Å². The van der Waals surface area contributed by atoms with Crippen LogP contribution >= 0.6 is 0 Å². The van der Waals surface area contributed by atoms with Crippen LogP contribution in [0.3, 0.4) is 0 Å². The molecule has 1 amide bonds. The van der Waals surface area contributed by atoms with Gasteiger partial charge in [0, 0.05) is 25.3 Å². The maximum Gasteiger partial charge on any atom is 0.250 e. The molecule has 4 N–H and O–H groups in total. The number of hydrogen-bond donors (Lipinski definition) is 2. The normalized spacial score (nSPS) is 17.6. The zero-order valence-corrected chi connectivity index (χ0v) is 14.5. The summed E-state index contributed by atoms with van der Waals surface area (Å²) in [7, 11) is 0. The lowest BCUT2D eigenvalue weighted by Gasteiger charge is -2.32. The molecule has 1 aromatic carbocycles. The van der Waals surface area contributed by atoms with Gasteiger partial charge in [0.15, 0.2) is 0 Å². The van der Waals surface area contributed by atoms with Gasteiger partial charge in [0.05, 0.1) is 28.8 Å². The number of carbonyl (C=O) groups is 1. The predicted octanol–water partition coefficient (Wildman–Crippen LogP) is 1.51. The van der Waals surface area contributed by atoms with Gasteiger partial charge in [-0.05, 0) is 37.1 Å². The number of anilines is 1. The highest BCUT2D eigenvalue weighted by molar-refractivity contribution is 5.92. The van der Waals surface area contributed by atoms with Gasteiger partial charge in [0.2, 0.25) is 11.9 Å². The number of benzene rings is 1. The first-order valence-electron chi connectivity index (χ1n) is 8.82. The van der Waals surface area contributed by atoms with Crippen molar-refractivity contribution >= 4 is 22.9 Å². The molecule has 0 bridgehead atoms. The molecule has 7 heteroatoms. The number of imidazole rings is 1. The summed E-state index contributed by atoms with van der Waals surface area (Å²) in [4.78, 5) is 22.7. The van der Waals surface area contributed by atoms with Crippen LogP contribution in [-0.2, 0) is 6.54 Å². The molecule has 1 atom stereocenters. The van der Waals surface area contributed by atoms with Crippen molar-refractivity contribution in [1.82, 2.24) is 14.5 Å². The minimum absolute atomic E-state index is 0.171. The maximum atomic E-state index is 11.2. The Balaban J connectivity index is 1.72. The Labute approximate surface area is 151 Å². The maximum absolute atomic E-state index is 11.2. The smallest absolute Gasteiger partial charge is 0.250 e. The molecule has 134 valence electrons. The Hall–Kier alpha value is -2.93. The zero-order valence-electron chi connectivity index (χ0n) is 14.5. The second-order valence-electron chi connectivity index (χ2n) is 6.74. The number of hydrogen-bond acceptors (Lipinski definition) is 5. The average Bonchev–Trinajstić information content (AvgIpc) is 3.01. The van der Waals surface area contributed by atoms with Gasteiger partial charge in [0.1, 0.15) is 0 Å². The fourth-order valence-corrected chi connectivity index (χ4v) is 3.48. The van der Waals surface area contributed by atoms with Crippen LogP contribution in [-0.4, -0.2) is 39.6 Å². The Morgan fingerprint density at radius 1 is 1.23 bits per heavy atom. The van der Waals surface area contributed by atoms with Gasteiger partial charge in [-0.1, -0.05) is 12.1 Å². The molecule has 4 rings (SSSR count). The number of rotatable bonds is 4. The molecule has 3 aromatic rings. The first-order valence-corrected chi connectivity index (χ1v) is 8.82. The number of carbonyl (C=O) groups excluding carboxylic acids is 1. The lowest BCUT2D eigenvalue weighted by molar-refractivity contribution is 0.1000. The van der Waals surface area contributed by atoms with E-state index in [9.17, 15) is 4.79 Å². The number of aromatic nitrogens is 3. The van der Waals surface area contributed by atoms with E-state index in [1.807, 2.05) is 24.3 Å². The molecule has 26 heavy (non-hydrogen) atoms. The summed E-state index contributed by atoms with van der Waals surface area (Å²) in [6, 6.07) is 11.8. The van der Waals surface area contributed by atoms with E-state index in [1.165, 1.54) is 6.20 Å². The first-order chi connectivity index (χ1) is 12.6. The molecule has 0 spiro atoms. The van der Waals surface area contributed by atoms with Crippen LogP contribution in [0.25, 0.3) is 11.0 Å². The van der Waals surface area contributed by atoms with E-state index >= 15 is 0 Å². The number of fused-ring (bicyclic) bond motifs is 1. The number of piperidine rings is 1. The van der Waals surface area contributed by atoms with Crippen molar-refractivity contribution in [2.24, 2.45) is 11.5 Å². The van der Waals surface area contributed by atoms with Crippen LogP contribution in [0.5, 0.6) is 0 Å². The number of nitrogens with zero attached hydrogens (tertiary/aromatic N) is 4.